The molecule has 0 saturated heterocycles. The number of hydrogen-bond acceptors (Lipinski definition) is 3. The van der Waals surface area contributed by atoms with Crippen molar-refractivity contribution in [3.63, 3.8) is 0 Å². The molecule has 0 radical (unpaired) electrons. The summed E-state index contributed by atoms with van der Waals surface area (Å²) >= 11 is 0. The average molecular weight is 438 g/mol. The summed E-state index contributed by atoms with van der Waals surface area (Å²) in [5.41, 5.74) is 2.62. The number of nitrogens with one attached hydrogen (secondary N) is 2. The lowest BCUT2D eigenvalue weighted by molar-refractivity contribution is 0.424. The highest BCUT2D eigenvalue weighted by molar-refractivity contribution is 7.92. The summed E-state index contributed by atoms with van der Waals surface area (Å²) < 4.78 is 55.5. The van der Waals surface area contributed by atoms with Gasteiger partial charge in [-0.1, -0.05) is 36.4 Å². The van der Waals surface area contributed by atoms with Crippen molar-refractivity contribution < 1.29 is 17.2 Å². The predicted octanol–water partition coefficient (Wildman–Crippen LogP) is 5.59. The van der Waals surface area contributed by atoms with E-state index >= 15 is 0 Å². The van der Waals surface area contributed by atoms with Gasteiger partial charge in [-0.15, -0.1) is 0 Å². The fraction of sp³-hybridized carbons (Fsp3) is 0.167. The third-order valence-electron chi connectivity index (χ3n) is 5.99. The zero-order valence-electron chi connectivity index (χ0n) is 16.4. The molecule has 158 valence electrons. The van der Waals surface area contributed by atoms with Gasteiger partial charge in [-0.25, -0.2) is 17.2 Å². The Labute approximate surface area is 179 Å². The van der Waals surface area contributed by atoms with Gasteiger partial charge in [-0.3, -0.25) is 4.72 Å². The summed E-state index contributed by atoms with van der Waals surface area (Å²) in [5, 5.41) is 3.50. The molecule has 0 fully saturated rings. The lowest BCUT2D eigenvalue weighted by atomic mass is 9.77. The number of sulfonamides is 1. The van der Waals surface area contributed by atoms with Crippen LogP contribution in [0.3, 0.4) is 0 Å². The van der Waals surface area contributed by atoms with E-state index in [1.165, 1.54) is 36.4 Å². The Bertz CT molecular complexity index is 1270. The van der Waals surface area contributed by atoms with Crippen molar-refractivity contribution in [3.05, 3.63) is 102 Å². The van der Waals surface area contributed by atoms with E-state index in [1.807, 2.05) is 0 Å². The van der Waals surface area contributed by atoms with Crippen molar-refractivity contribution in [1.82, 2.24) is 0 Å². The van der Waals surface area contributed by atoms with Crippen molar-refractivity contribution in [2.24, 2.45) is 5.92 Å². The standard InChI is InChI=1S/C24H20F2N2O2S/c25-16-10-8-15(9-11-16)24-19-5-3-4-18(19)20-14-17(12-13-22(20)27-24)31(29,30)28-23-7-2-1-6-21(23)26/h1-4,6-14,18-19,24,27-28H,5H2/t18-,19-,24-/m1/s1. The molecule has 1 heterocycles. The number of benzene rings is 3. The lowest BCUT2D eigenvalue weighted by Gasteiger charge is -2.37. The van der Waals surface area contributed by atoms with Gasteiger partial charge in [0.15, 0.2) is 0 Å². The zero-order valence-corrected chi connectivity index (χ0v) is 17.2. The van der Waals surface area contributed by atoms with Gasteiger partial charge in [0.2, 0.25) is 0 Å². The van der Waals surface area contributed by atoms with Gasteiger partial charge >= 0.3 is 0 Å². The van der Waals surface area contributed by atoms with E-state index in [0.29, 0.717) is 0 Å². The first-order valence-electron chi connectivity index (χ1n) is 10.0. The molecule has 31 heavy (non-hydrogen) atoms. The second kappa shape index (κ2) is 7.50. The molecule has 0 bridgehead atoms. The molecular weight excluding hydrogens is 418 g/mol. The maximum absolute atomic E-state index is 13.9. The van der Waals surface area contributed by atoms with Crippen molar-refractivity contribution in [1.29, 1.82) is 0 Å². The zero-order chi connectivity index (χ0) is 21.6. The molecule has 0 unspecified atom stereocenters. The van der Waals surface area contributed by atoms with Gasteiger partial charge in [-0.05, 0) is 65.9 Å². The third kappa shape index (κ3) is 3.59. The minimum Gasteiger partial charge on any atom is -0.378 e. The first kappa shape index (κ1) is 19.8. The van der Waals surface area contributed by atoms with Gasteiger partial charge < -0.3 is 5.32 Å². The Hall–Kier alpha value is -3.19. The highest BCUT2D eigenvalue weighted by Gasteiger charge is 2.38. The molecule has 7 heteroatoms. The Balaban J connectivity index is 1.50. The molecule has 0 amide bonds. The normalized spacial score (nSPS) is 21.8. The monoisotopic (exact) mass is 438 g/mol. The first-order valence-corrected chi connectivity index (χ1v) is 11.5. The minimum absolute atomic E-state index is 0.00732. The maximum Gasteiger partial charge on any atom is 0.261 e. The van der Waals surface area contributed by atoms with E-state index in [2.05, 4.69) is 22.2 Å². The minimum atomic E-state index is -3.95. The van der Waals surface area contributed by atoms with Crippen molar-refractivity contribution in [2.45, 2.75) is 23.3 Å². The van der Waals surface area contributed by atoms with Crippen LogP contribution in [-0.4, -0.2) is 8.42 Å². The quantitative estimate of drug-likeness (QED) is 0.522. The van der Waals surface area contributed by atoms with E-state index in [1.54, 1.807) is 30.3 Å². The van der Waals surface area contributed by atoms with Crippen LogP contribution in [0.4, 0.5) is 20.2 Å². The van der Waals surface area contributed by atoms with Crippen LogP contribution in [0.15, 0.2) is 83.8 Å². The van der Waals surface area contributed by atoms with Crippen molar-refractivity contribution in [2.75, 3.05) is 10.0 Å². The Morgan fingerprint density at radius 1 is 0.968 bits per heavy atom. The van der Waals surface area contributed by atoms with E-state index in [0.717, 1.165) is 23.2 Å². The molecule has 1 aliphatic heterocycles. The van der Waals surface area contributed by atoms with E-state index in [-0.39, 0.29) is 34.3 Å². The van der Waals surface area contributed by atoms with Crippen molar-refractivity contribution in [3.8, 4) is 0 Å². The van der Waals surface area contributed by atoms with Crippen LogP contribution in [0.25, 0.3) is 0 Å². The second-order valence-electron chi connectivity index (χ2n) is 7.86. The largest absolute Gasteiger partial charge is 0.378 e. The highest BCUT2D eigenvalue weighted by atomic mass is 32.2. The van der Waals surface area contributed by atoms with Crippen LogP contribution in [0.5, 0.6) is 0 Å². The van der Waals surface area contributed by atoms with Gasteiger partial charge in [0.25, 0.3) is 10.0 Å². The van der Waals surface area contributed by atoms with Crippen LogP contribution >= 0.6 is 0 Å². The van der Waals surface area contributed by atoms with Gasteiger partial charge in [0, 0.05) is 11.6 Å². The number of allylic oxidation sites excluding steroid dienone is 2. The number of anilines is 2. The van der Waals surface area contributed by atoms with Gasteiger partial charge in [0.05, 0.1) is 16.6 Å². The van der Waals surface area contributed by atoms with Gasteiger partial charge in [-0.2, -0.15) is 0 Å². The van der Waals surface area contributed by atoms with Crippen molar-refractivity contribution >= 4 is 21.4 Å². The Morgan fingerprint density at radius 3 is 2.52 bits per heavy atom. The summed E-state index contributed by atoms with van der Waals surface area (Å²) in [7, 11) is -3.95. The second-order valence-corrected chi connectivity index (χ2v) is 9.54. The lowest BCUT2D eigenvalue weighted by Crippen LogP contribution is -2.29. The number of para-hydroxylation sites is 1. The molecule has 3 atom stereocenters. The summed E-state index contributed by atoms with van der Waals surface area (Å²) in [4.78, 5) is 0.0792. The van der Waals surface area contributed by atoms with E-state index < -0.39 is 15.8 Å². The van der Waals surface area contributed by atoms with Crippen LogP contribution in [0.2, 0.25) is 0 Å². The Kier molecular flexibility index (Phi) is 4.78. The molecule has 4 nitrogen and oxygen atoms in total. The third-order valence-corrected chi connectivity index (χ3v) is 7.36. The number of rotatable bonds is 4. The first-order chi connectivity index (χ1) is 14.9. The number of halogens is 2. The van der Waals surface area contributed by atoms with Crippen LogP contribution < -0.4 is 10.0 Å². The van der Waals surface area contributed by atoms with E-state index in [9.17, 15) is 17.2 Å². The fourth-order valence-electron chi connectivity index (χ4n) is 4.49. The molecule has 2 aliphatic rings. The molecular formula is C24H20F2N2O2S. The average Bonchev–Trinajstić information content (AvgIpc) is 3.25. The fourth-order valence-corrected chi connectivity index (χ4v) is 5.59. The molecule has 3 aromatic carbocycles. The molecule has 0 spiro atoms. The Morgan fingerprint density at radius 2 is 1.74 bits per heavy atom. The predicted molar refractivity (Wildman–Crippen MR) is 116 cm³/mol. The number of hydrogen-bond donors (Lipinski definition) is 2. The summed E-state index contributed by atoms with van der Waals surface area (Å²) in [6, 6.07) is 17.0. The molecule has 0 saturated carbocycles. The SMILES string of the molecule is O=S(=O)(Nc1ccccc1F)c1ccc2c(c1)[C@@H]1C=CC[C@H]1[C@@H](c1ccc(F)cc1)N2. The summed E-state index contributed by atoms with van der Waals surface area (Å²) in [6.07, 6.45) is 5.03. The molecule has 2 N–H and O–H groups in total. The highest BCUT2D eigenvalue weighted by Crippen LogP contribution is 2.50. The van der Waals surface area contributed by atoms with Crippen LogP contribution in [0, 0.1) is 17.6 Å². The van der Waals surface area contributed by atoms with E-state index in [4.69, 9.17) is 0 Å². The van der Waals surface area contributed by atoms with Crippen LogP contribution in [0.1, 0.15) is 29.5 Å². The summed E-state index contributed by atoms with van der Waals surface area (Å²) in [5.74, 6) is -0.685. The molecule has 3 aromatic rings. The summed E-state index contributed by atoms with van der Waals surface area (Å²) in [6.45, 7) is 0. The molecule has 0 aromatic heterocycles. The van der Waals surface area contributed by atoms with Gasteiger partial charge in [0.1, 0.15) is 11.6 Å². The van der Waals surface area contributed by atoms with Crippen LogP contribution in [-0.2, 0) is 10.0 Å². The topological polar surface area (TPSA) is 58.2 Å². The smallest absolute Gasteiger partial charge is 0.261 e. The maximum atomic E-state index is 13.9. The molecule has 5 rings (SSSR count). The molecule has 1 aliphatic carbocycles. The number of fused-ring (bicyclic) bond motifs is 3.